The minimum absolute atomic E-state index is 0.199. The molecular formula is C28H34N2O4. The van der Waals surface area contributed by atoms with Crippen LogP contribution in [0.15, 0.2) is 59.0 Å². The predicted octanol–water partition coefficient (Wildman–Crippen LogP) is 5.46. The Hall–Kier alpha value is -3.28. The maximum Gasteiger partial charge on any atom is 0.409 e. The number of nitrogens with zero attached hydrogens (tertiary/aromatic N) is 2. The Labute approximate surface area is 201 Å². The van der Waals surface area contributed by atoms with Crippen LogP contribution >= 0.6 is 0 Å². The van der Waals surface area contributed by atoms with Crippen molar-refractivity contribution in [3.8, 4) is 5.75 Å². The molecule has 1 aromatic heterocycles. The van der Waals surface area contributed by atoms with Crippen molar-refractivity contribution in [2.45, 2.75) is 40.0 Å². The van der Waals surface area contributed by atoms with E-state index in [9.17, 15) is 4.79 Å². The van der Waals surface area contributed by atoms with Gasteiger partial charge in [-0.05, 0) is 55.4 Å². The lowest BCUT2D eigenvalue weighted by atomic mass is 9.91. The lowest BCUT2D eigenvalue weighted by Crippen LogP contribution is -2.29. The Bertz CT molecular complexity index is 1060. The summed E-state index contributed by atoms with van der Waals surface area (Å²) in [5.41, 5.74) is 3.39. The van der Waals surface area contributed by atoms with E-state index < -0.39 is 0 Å². The Kier molecular flexibility index (Phi) is 7.88. The van der Waals surface area contributed by atoms with Gasteiger partial charge in [-0.3, -0.25) is 0 Å². The molecule has 180 valence electrons. The molecule has 1 amide bonds. The fraction of sp³-hybridized carbons (Fsp3) is 0.429. The van der Waals surface area contributed by atoms with Gasteiger partial charge in [-0.25, -0.2) is 9.78 Å². The number of carbonyl (C=O) groups excluding carboxylic acids is 1. The number of aryl methyl sites for hydroxylation is 1. The van der Waals surface area contributed by atoms with Crippen molar-refractivity contribution in [1.82, 2.24) is 9.88 Å². The fourth-order valence-corrected chi connectivity index (χ4v) is 4.52. The molecular weight excluding hydrogens is 428 g/mol. The zero-order valence-corrected chi connectivity index (χ0v) is 20.3. The molecule has 0 aliphatic carbocycles. The van der Waals surface area contributed by atoms with Crippen LogP contribution < -0.4 is 4.74 Å². The molecule has 1 saturated heterocycles. The monoisotopic (exact) mass is 462 g/mol. The van der Waals surface area contributed by atoms with E-state index in [1.807, 2.05) is 49.1 Å². The molecule has 1 aliphatic heterocycles. The maximum absolute atomic E-state index is 12.0. The minimum Gasteiger partial charge on any atom is -0.493 e. The highest BCUT2D eigenvalue weighted by atomic mass is 16.6. The second kappa shape index (κ2) is 11.2. The molecule has 2 atom stereocenters. The number of amides is 1. The van der Waals surface area contributed by atoms with Gasteiger partial charge in [-0.2, -0.15) is 0 Å². The van der Waals surface area contributed by atoms with Crippen LogP contribution in [-0.4, -0.2) is 42.3 Å². The summed E-state index contributed by atoms with van der Waals surface area (Å²) in [7, 11) is 0. The number of rotatable bonds is 9. The summed E-state index contributed by atoms with van der Waals surface area (Å²) in [6.07, 6.45) is 2.14. The van der Waals surface area contributed by atoms with Crippen LogP contribution in [0.4, 0.5) is 4.79 Å². The van der Waals surface area contributed by atoms with Gasteiger partial charge in [0.05, 0.1) is 18.9 Å². The third-order valence-corrected chi connectivity index (χ3v) is 6.46. The van der Waals surface area contributed by atoms with Crippen molar-refractivity contribution >= 4 is 6.09 Å². The summed E-state index contributed by atoms with van der Waals surface area (Å²) in [6, 6.07) is 18.5. The summed E-state index contributed by atoms with van der Waals surface area (Å²) in [4.78, 5) is 18.5. The Morgan fingerprint density at radius 3 is 2.59 bits per heavy atom. The maximum atomic E-state index is 12.0. The molecule has 1 fully saturated rings. The number of carbonyl (C=O) groups is 1. The molecule has 34 heavy (non-hydrogen) atoms. The first-order valence-corrected chi connectivity index (χ1v) is 12.1. The lowest BCUT2D eigenvalue weighted by Gasteiger charge is -2.16. The van der Waals surface area contributed by atoms with Crippen LogP contribution in [0, 0.1) is 18.8 Å². The normalized spacial score (nSPS) is 17.7. The number of aromatic nitrogens is 1. The van der Waals surface area contributed by atoms with Gasteiger partial charge in [0.1, 0.15) is 11.5 Å². The molecule has 0 unspecified atom stereocenters. The van der Waals surface area contributed by atoms with Gasteiger partial charge in [0.15, 0.2) is 5.89 Å². The summed E-state index contributed by atoms with van der Waals surface area (Å²) in [6.45, 7) is 8.49. The van der Waals surface area contributed by atoms with Crippen LogP contribution in [0.5, 0.6) is 5.75 Å². The quantitative estimate of drug-likeness (QED) is 0.422. The first kappa shape index (κ1) is 23.9. The molecule has 0 spiro atoms. The lowest BCUT2D eigenvalue weighted by molar-refractivity contribution is 0.114. The molecule has 6 nitrogen and oxygen atoms in total. The highest BCUT2D eigenvalue weighted by Crippen LogP contribution is 2.27. The topological polar surface area (TPSA) is 64.8 Å². The largest absolute Gasteiger partial charge is 0.493 e. The first-order chi connectivity index (χ1) is 16.5. The third-order valence-electron chi connectivity index (χ3n) is 6.46. The fourth-order valence-electron chi connectivity index (χ4n) is 4.52. The van der Waals surface area contributed by atoms with Crippen molar-refractivity contribution in [1.29, 1.82) is 0 Å². The summed E-state index contributed by atoms with van der Waals surface area (Å²) >= 11 is 0. The number of hydrogen-bond donors (Lipinski definition) is 0. The van der Waals surface area contributed by atoms with E-state index in [0.29, 0.717) is 37.9 Å². The van der Waals surface area contributed by atoms with E-state index in [4.69, 9.17) is 13.9 Å². The third kappa shape index (κ3) is 6.19. The van der Waals surface area contributed by atoms with Crippen LogP contribution in [0.3, 0.4) is 0 Å². The Morgan fingerprint density at radius 2 is 1.85 bits per heavy atom. The van der Waals surface area contributed by atoms with Crippen LogP contribution in [-0.2, 0) is 24.0 Å². The van der Waals surface area contributed by atoms with Crippen molar-refractivity contribution in [3.05, 3.63) is 83.1 Å². The van der Waals surface area contributed by atoms with Gasteiger partial charge >= 0.3 is 6.09 Å². The second-order valence-electron chi connectivity index (χ2n) is 9.06. The van der Waals surface area contributed by atoms with E-state index in [-0.39, 0.29) is 6.09 Å². The number of ether oxygens (including phenoxy) is 2. The van der Waals surface area contributed by atoms with E-state index in [1.165, 1.54) is 11.1 Å². The minimum atomic E-state index is -0.199. The molecule has 0 radical (unpaired) electrons. The standard InChI is InChI=1S/C28H34N2O4/c1-4-32-28(31)30-18-20(2)24(19-30)16-23-10-12-25(13-11-23)33-15-14-26-21(3)34-27(29-26)17-22-8-6-5-7-9-22/h5-13,20,24H,4,14-19H2,1-3H3/t20-,24+/m0/s1. The second-order valence-corrected chi connectivity index (χ2v) is 9.06. The van der Waals surface area contributed by atoms with Gasteiger partial charge in [-0.1, -0.05) is 49.4 Å². The predicted molar refractivity (Wildman–Crippen MR) is 131 cm³/mol. The molecule has 0 N–H and O–H groups in total. The van der Waals surface area contributed by atoms with Crippen LogP contribution in [0.2, 0.25) is 0 Å². The van der Waals surface area contributed by atoms with E-state index >= 15 is 0 Å². The molecule has 0 saturated carbocycles. The van der Waals surface area contributed by atoms with Gasteiger partial charge in [0, 0.05) is 25.9 Å². The molecule has 2 heterocycles. The van der Waals surface area contributed by atoms with Gasteiger partial charge in [0.25, 0.3) is 0 Å². The molecule has 0 bridgehead atoms. The zero-order chi connectivity index (χ0) is 23.9. The number of hydrogen-bond acceptors (Lipinski definition) is 5. The van der Waals surface area contributed by atoms with Crippen LogP contribution in [0.25, 0.3) is 0 Å². The molecule has 1 aliphatic rings. The average Bonchev–Trinajstić information content (AvgIpc) is 3.37. The van der Waals surface area contributed by atoms with Crippen molar-refractivity contribution in [2.75, 3.05) is 26.3 Å². The molecule has 3 aromatic rings. The molecule has 4 rings (SSSR count). The van der Waals surface area contributed by atoms with Crippen molar-refractivity contribution in [3.63, 3.8) is 0 Å². The summed E-state index contributed by atoms with van der Waals surface area (Å²) < 4.78 is 17.0. The smallest absolute Gasteiger partial charge is 0.409 e. The number of benzene rings is 2. The molecule has 2 aromatic carbocycles. The average molecular weight is 463 g/mol. The Morgan fingerprint density at radius 1 is 1.09 bits per heavy atom. The number of likely N-dealkylation sites (tertiary alicyclic amines) is 1. The zero-order valence-electron chi connectivity index (χ0n) is 20.3. The SMILES string of the molecule is CCOC(=O)N1C[C@@H](Cc2ccc(OCCc3nc(Cc4ccccc4)oc3C)cc2)[C@@H](C)C1. The van der Waals surface area contributed by atoms with E-state index in [1.54, 1.807) is 0 Å². The summed E-state index contributed by atoms with van der Waals surface area (Å²) in [5.74, 6) is 3.34. The van der Waals surface area contributed by atoms with Crippen LogP contribution in [0.1, 0.15) is 42.3 Å². The van der Waals surface area contributed by atoms with Crippen molar-refractivity contribution in [2.24, 2.45) is 11.8 Å². The van der Waals surface area contributed by atoms with E-state index in [2.05, 4.69) is 36.2 Å². The first-order valence-electron chi connectivity index (χ1n) is 12.1. The van der Waals surface area contributed by atoms with Gasteiger partial charge < -0.3 is 18.8 Å². The molecule has 6 heteroatoms. The number of oxazole rings is 1. The van der Waals surface area contributed by atoms with Crippen molar-refractivity contribution < 1.29 is 18.7 Å². The van der Waals surface area contributed by atoms with Gasteiger partial charge in [0.2, 0.25) is 0 Å². The van der Waals surface area contributed by atoms with E-state index in [0.717, 1.165) is 42.6 Å². The summed E-state index contributed by atoms with van der Waals surface area (Å²) in [5, 5.41) is 0. The Balaban J connectivity index is 1.24. The van der Waals surface area contributed by atoms with Gasteiger partial charge in [-0.15, -0.1) is 0 Å². The highest BCUT2D eigenvalue weighted by molar-refractivity contribution is 5.68. The highest BCUT2D eigenvalue weighted by Gasteiger charge is 2.33.